The fraction of sp³-hybridized carbons (Fsp3) is 0.316. The summed E-state index contributed by atoms with van der Waals surface area (Å²) >= 11 is 9.25. The first-order valence-corrected chi connectivity index (χ1v) is 10.5. The average Bonchev–Trinajstić information content (AvgIpc) is 3.44. The van der Waals surface area contributed by atoms with Gasteiger partial charge in [-0.2, -0.15) is 10.1 Å². The van der Waals surface area contributed by atoms with Gasteiger partial charge in [0.05, 0.1) is 18.4 Å². The summed E-state index contributed by atoms with van der Waals surface area (Å²) in [6.45, 7) is 2.39. The van der Waals surface area contributed by atoms with E-state index in [1.165, 1.54) is 15.4 Å². The van der Waals surface area contributed by atoms with E-state index in [-0.39, 0.29) is 24.1 Å². The summed E-state index contributed by atoms with van der Waals surface area (Å²) in [4.78, 5) is 21.5. The highest BCUT2D eigenvalue weighted by Gasteiger charge is 2.31. The van der Waals surface area contributed by atoms with Crippen molar-refractivity contribution in [2.24, 2.45) is 0 Å². The van der Waals surface area contributed by atoms with Crippen LogP contribution < -0.4 is 5.56 Å². The van der Waals surface area contributed by atoms with Crippen molar-refractivity contribution in [3.8, 4) is 0 Å². The van der Waals surface area contributed by atoms with Crippen LogP contribution in [0, 0.1) is 6.92 Å². The van der Waals surface area contributed by atoms with Gasteiger partial charge in [0.2, 0.25) is 5.89 Å². The molecule has 1 saturated heterocycles. The Kier molecular flexibility index (Phi) is 4.92. The fourth-order valence-corrected chi connectivity index (χ4v) is 4.27. The van der Waals surface area contributed by atoms with Gasteiger partial charge in [-0.3, -0.25) is 9.36 Å². The van der Waals surface area contributed by atoms with Crippen molar-refractivity contribution in [2.45, 2.75) is 31.9 Å². The van der Waals surface area contributed by atoms with Crippen molar-refractivity contribution >= 4 is 33.0 Å². The highest BCUT2D eigenvalue weighted by Crippen LogP contribution is 2.37. The van der Waals surface area contributed by atoms with Gasteiger partial charge in [-0.25, -0.2) is 9.50 Å². The Morgan fingerprint density at radius 1 is 1.27 bits per heavy atom. The molecule has 0 radical (unpaired) electrons. The van der Waals surface area contributed by atoms with E-state index in [0.717, 1.165) is 12.0 Å². The number of ether oxygens (including phenoxy) is 1. The monoisotopic (exact) mass is 490 g/mol. The van der Waals surface area contributed by atoms with E-state index < -0.39 is 0 Å². The number of imidazole rings is 1. The second kappa shape index (κ2) is 7.60. The molecule has 0 N–H and O–H groups in total. The quantitative estimate of drug-likeness (QED) is 0.432. The van der Waals surface area contributed by atoms with Gasteiger partial charge in [-0.1, -0.05) is 28.9 Å². The van der Waals surface area contributed by atoms with Crippen LogP contribution in [0.3, 0.4) is 0 Å². The Hall–Kier alpha value is -2.56. The molecular weight excluding hydrogens is 476 g/mol. The Balaban J connectivity index is 1.33. The molecule has 1 aliphatic heterocycles. The molecule has 0 saturated carbocycles. The molecule has 11 heteroatoms. The summed E-state index contributed by atoms with van der Waals surface area (Å²) in [5.74, 6) is 0.935. The zero-order valence-electron chi connectivity index (χ0n) is 15.8. The molecule has 2 unspecified atom stereocenters. The van der Waals surface area contributed by atoms with Crippen LogP contribution in [-0.2, 0) is 11.3 Å². The topological polar surface area (TPSA) is 100 Å². The third-order valence-electron chi connectivity index (χ3n) is 5.15. The molecule has 0 aliphatic carbocycles. The normalized spacial score (nSPS) is 19.0. The summed E-state index contributed by atoms with van der Waals surface area (Å²) in [6.07, 6.45) is 2.14. The molecule has 154 valence electrons. The summed E-state index contributed by atoms with van der Waals surface area (Å²) in [5, 5.41) is 9.04. The number of fused-ring (bicyclic) bond motifs is 1. The van der Waals surface area contributed by atoms with Gasteiger partial charge in [0.15, 0.2) is 16.1 Å². The van der Waals surface area contributed by atoms with Gasteiger partial charge < -0.3 is 9.26 Å². The van der Waals surface area contributed by atoms with Crippen molar-refractivity contribution in [3.05, 3.63) is 73.7 Å². The number of aromatic nitrogens is 6. The zero-order chi connectivity index (χ0) is 20.8. The van der Waals surface area contributed by atoms with E-state index in [9.17, 15) is 4.79 Å². The molecule has 0 bridgehead atoms. The molecule has 1 aromatic carbocycles. The zero-order valence-corrected chi connectivity index (χ0v) is 18.2. The van der Waals surface area contributed by atoms with Crippen molar-refractivity contribution < 1.29 is 9.26 Å². The van der Waals surface area contributed by atoms with Crippen molar-refractivity contribution in [3.63, 3.8) is 0 Å². The molecule has 1 fully saturated rings. The van der Waals surface area contributed by atoms with Gasteiger partial charge in [-0.15, -0.1) is 0 Å². The second-order valence-corrected chi connectivity index (χ2v) is 8.29. The summed E-state index contributed by atoms with van der Waals surface area (Å²) < 4.78 is 14.7. The van der Waals surface area contributed by atoms with Gasteiger partial charge in [0.1, 0.15) is 12.9 Å². The van der Waals surface area contributed by atoms with Crippen LogP contribution in [0.2, 0.25) is 5.02 Å². The largest absolute Gasteiger partial charge is 0.373 e. The lowest BCUT2D eigenvalue weighted by Gasteiger charge is -2.09. The number of halogens is 2. The smallest absolute Gasteiger partial charge is 0.280 e. The minimum Gasteiger partial charge on any atom is -0.373 e. The Bertz CT molecular complexity index is 1280. The second-order valence-electron chi connectivity index (χ2n) is 7.14. The minimum absolute atomic E-state index is 0.0218. The number of hydrogen-bond donors (Lipinski definition) is 0. The van der Waals surface area contributed by atoms with Crippen LogP contribution in [0.4, 0.5) is 0 Å². The molecule has 4 heterocycles. The van der Waals surface area contributed by atoms with Crippen molar-refractivity contribution in [1.82, 2.24) is 29.3 Å². The number of benzene rings is 1. The maximum absolute atomic E-state index is 12.8. The predicted molar refractivity (Wildman–Crippen MR) is 111 cm³/mol. The van der Waals surface area contributed by atoms with Gasteiger partial charge in [0, 0.05) is 10.9 Å². The third-order valence-corrected chi connectivity index (χ3v) is 5.92. The molecule has 30 heavy (non-hydrogen) atoms. The molecular formula is C19H16BrClN6O3. The summed E-state index contributed by atoms with van der Waals surface area (Å²) in [7, 11) is 0. The SMILES string of the molecule is Cc1nc(Br)n2ncn(Cc3nc(C4COC(c5ccc(Cl)cc5)C4)no3)c(=O)c12. The lowest BCUT2D eigenvalue weighted by Crippen LogP contribution is -2.24. The molecule has 1 aliphatic rings. The number of hydrogen-bond acceptors (Lipinski definition) is 7. The first kappa shape index (κ1) is 19.4. The van der Waals surface area contributed by atoms with Crippen LogP contribution in [0.5, 0.6) is 0 Å². The number of nitrogens with zero attached hydrogens (tertiary/aromatic N) is 6. The van der Waals surface area contributed by atoms with Gasteiger partial charge in [-0.05, 0) is 47.0 Å². The highest BCUT2D eigenvalue weighted by molar-refractivity contribution is 9.10. The van der Waals surface area contributed by atoms with Crippen LogP contribution in [0.1, 0.15) is 41.4 Å². The van der Waals surface area contributed by atoms with E-state index in [1.54, 1.807) is 6.92 Å². The summed E-state index contributed by atoms with van der Waals surface area (Å²) in [5.41, 5.74) is 1.83. The molecule has 3 aromatic heterocycles. The molecule has 9 nitrogen and oxygen atoms in total. The number of rotatable bonds is 4. The fourth-order valence-electron chi connectivity index (χ4n) is 3.61. The summed E-state index contributed by atoms with van der Waals surface area (Å²) in [6, 6.07) is 7.62. The first-order chi connectivity index (χ1) is 14.5. The lowest BCUT2D eigenvalue weighted by molar-refractivity contribution is 0.110. The van der Waals surface area contributed by atoms with E-state index in [2.05, 4.69) is 36.2 Å². The van der Waals surface area contributed by atoms with E-state index >= 15 is 0 Å². The molecule has 4 aromatic rings. The van der Waals surface area contributed by atoms with Crippen molar-refractivity contribution in [1.29, 1.82) is 0 Å². The highest BCUT2D eigenvalue weighted by atomic mass is 79.9. The minimum atomic E-state index is -0.229. The van der Waals surface area contributed by atoms with Crippen molar-refractivity contribution in [2.75, 3.05) is 6.61 Å². The van der Waals surface area contributed by atoms with E-state index in [1.807, 2.05) is 24.3 Å². The Morgan fingerprint density at radius 3 is 2.87 bits per heavy atom. The van der Waals surface area contributed by atoms with Gasteiger partial charge >= 0.3 is 0 Å². The Morgan fingerprint density at radius 2 is 2.07 bits per heavy atom. The first-order valence-electron chi connectivity index (χ1n) is 9.29. The Labute approximate surface area is 183 Å². The molecule has 2 atom stereocenters. The van der Waals surface area contributed by atoms with Crippen LogP contribution in [0.15, 0.2) is 44.6 Å². The molecule has 0 spiro atoms. The maximum atomic E-state index is 12.8. The van der Waals surface area contributed by atoms with Gasteiger partial charge in [0.25, 0.3) is 5.56 Å². The van der Waals surface area contributed by atoms with Crippen LogP contribution in [-0.4, -0.2) is 35.9 Å². The van der Waals surface area contributed by atoms with E-state index in [0.29, 0.717) is 39.3 Å². The molecule has 5 rings (SSSR count). The maximum Gasteiger partial charge on any atom is 0.280 e. The molecule has 0 amide bonds. The third kappa shape index (κ3) is 3.44. The van der Waals surface area contributed by atoms with Crippen LogP contribution in [0.25, 0.3) is 5.52 Å². The predicted octanol–water partition coefficient (Wildman–Crippen LogP) is 3.29. The average molecular weight is 492 g/mol. The number of aryl methyl sites for hydroxylation is 1. The van der Waals surface area contributed by atoms with E-state index in [4.69, 9.17) is 20.9 Å². The lowest BCUT2D eigenvalue weighted by atomic mass is 10.0. The standard InChI is InChI=1S/C19H16BrClN6O3/c1-10-16-18(28)26(9-22-27(16)19(20)23-10)7-15-24-17(25-30-15)12-6-14(29-8-12)11-2-4-13(21)5-3-11/h2-5,9,12,14H,6-8H2,1H3. The van der Waals surface area contributed by atoms with Crippen LogP contribution >= 0.6 is 27.5 Å².